The maximum absolute atomic E-state index is 12.7. The van der Waals surface area contributed by atoms with Crippen LogP contribution in [-0.4, -0.2) is 16.9 Å². The summed E-state index contributed by atoms with van der Waals surface area (Å²) in [6.45, 7) is 1.89. The SMILES string of the molecule is CCCc1c2nc(C(=O)[O-])cc(Nc3ccccc3)c2cc2c(=O)cc(C(=O)[O-])oc12.[Na+].[Na+]. The zero-order valence-corrected chi connectivity index (χ0v) is 22.4. The first-order valence-electron chi connectivity index (χ1n) is 9.58. The van der Waals surface area contributed by atoms with Crippen LogP contribution in [0.2, 0.25) is 0 Å². The van der Waals surface area contributed by atoms with Gasteiger partial charge in [0, 0.05) is 22.7 Å². The first-order valence-corrected chi connectivity index (χ1v) is 9.58. The Balaban J connectivity index is 0.00000193. The summed E-state index contributed by atoms with van der Waals surface area (Å²) in [7, 11) is 0. The fourth-order valence-corrected chi connectivity index (χ4v) is 3.51. The molecule has 4 rings (SSSR count). The summed E-state index contributed by atoms with van der Waals surface area (Å²) in [5, 5.41) is 26.7. The van der Waals surface area contributed by atoms with Crippen molar-refractivity contribution in [2.75, 3.05) is 5.32 Å². The molecule has 1 N–H and O–H groups in total. The van der Waals surface area contributed by atoms with Gasteiger partial charge in [0.25, 0.3) is 0 Å². The molecule has 0 unspecified atom stereocenters. The average Bonchev–Trinajstić information content (AvgIpc) is 2.74. The number of fused-ring (bicyclic) bond motifs is 2. The molecule has 4 aromatic rings. The number of nitrogens with zero attached hydrogens (tertiary/aromatic N) is 1. The predicted molar refractivity (Wildman–Crippen MR) is 110 cm³/mol. The van der Waals surface area contributed by atoms with Crippen LogP contribution in [0.1, 0.15) is 40.0 Å². The average molecular weight is 462 g/mol. The maximum Gasteiger partial charge on any atom is 1.00 e. The van der Waals surface area contributed by atoms with Crippen LogP contribution >= 0.6 is 0 Å². The summed E-state index contributed by atoms with van der Waals surface area (Å²) in [5.74, 6) is -3.69. The van der Waals surface area contributed by atoms with Gasteiger partial charge >= 0.3 is 59.1 Å². The minimum atomic E-state index is -1.62. The number of carboxylic acids is 2. The molecule has 2 aromatic carbocycles. The quantitative estimate of drug-likeness (QED) is 0.225. The van der Waals surface area contributed by atoms with Crippen molar-refractivity contribution in [2.24, 2.45) is 0 Å². The van der Waals surface area contributed by atoms with E-state index >= 15 is 0 Å². The number of pyridine rings is 1. The number of para-hydroxylation sites is 1. The molecule has 0 aliphatic heterocycles. The van der Waals surface area contributed by atoms with Crippen LogP contribution < -0.4 is 80.1 Å². The van der Waals surface area contributed by atoms with Crippen LogP contribution in [0.25, 0.3) is 21.9 Å². The Morgan fingerprint density at radius 1 is 1.00 bits per heavy atom. The van der Waals surface area contributed by atoms with Gasteiger partial charge in [0.15, 0.2) is 11.2 Å². The molecule has 0 spiro atoms. The van der Waals surface area contributed by atoms with Crippen LogP contribution in [0.4, 0.5) is 11.4 Å². The number of nitrogens with one attached hydrogen (secondary N) is 1. The van der Waals surface area contributed by atoms with Gasteiger partial charge < -0.3 is 29.5 Å². The number of benzene rings is 2. The summed E-state index contributed by atoms with van der Waals surface area (Å²) in [4.78, 5) is 39.8. The number of hydrogen-bond donors (Lipinski definition) is 1. The van der Waals surface area contributed by atoms with Crippen molar-refractivity contribution in [3.63, 3.8) is 0 Å². The molecule has 8 nitrogen and oxygen atoms in total. The van der Waals surface area contributed by atoms with Gasteiger partial charge in [-0.05, 0) is 30.7 Å². The molecule has 10 heteroatoms. The normalized spacial score (nSPS) is 10.3. The van der Waals surface area contributed by atoms with Gasteiger partial charge in [0.2, 0.25) is 0 Å². The van der Waals surface area contributed by atoms with E-state index < -0.39 is 23.1 Å². The molecule has 0 bridgehead atoms. The standard InChI is InChI=1S/C23H18N2O6.2Na/c1-2-6-13-20-14(9-15-18(26)11-19(23(29)30)31-21(13)15)16(10-17(25-20)22(27)28)24-12-7-4-3-5-8-12;;/h3-5,7-11H,2,6H2,1H3,(H,24,25)(H,27,28)(H,29,30);;/q;2*+1/p-2. The van der Waals surface area contributed by atoms with E-state index in [0.29, 0.717) is 35.2 Å². The molecular formula is C23H16N2Na2O6. The molecule has 0 saturated carbocycles. The fourth-order valence-electron chi connectivity index (χ4n) is 3.51. The van der Waals surface area contributed by atoms with E-state index in [-0.39, 0.29) is 81.3 Å². The Kier molecular flexibility index (Phi) is 9.25. The van der Waals surface area contributed by atoms with E-state index in [0.717, 1.165) is 6.07 Å². The van der Waals surface area contributed by atoms with Crippen LogP contribution in [0.5, 0.6) is 0 Å². The number of aryl methyl sites for hydroxylation is 1. The van der Waals surface area contributed by atoms with Gasteiger partial charge in [-0.25, -0.2) is 4.98 Å². The van der Waals surface area contributed by atoms with Crippen molar-refractivity contribution >= 4 is 45.2 Å². The zero-order chi connectivity index (χ0) is 22.1. The van der Waals surface area contributed by atoms with E-state index in [2.05, 4.69) is 10.3 Å². The molecule has 33 heavy (non-hydrogen) atoms. The van der Waals surface area contributed by atoms with Gasteiger partial charge in [-0.1, -0.05) is 31.5 Å². The van der Waals surface area contributed by atoms with Crippen molar-refractivity contribution in [2.45, 2.75) is 19.8 Å². The Morgan fingerprint density at radius 2 is 1.70 bits per heavy atom. The largest absolute Gasteiger partial charge is 1.00 e. The van der Waals surface area contributed by atoms with Crippen molar-refractivity contribution in [1.29, 1.82) is 0 Å². The monoisotopic (exact) mass is 462 g/mol. The number of carbonyl (C=O) groups excluding carboxylic acids is 2. The van der Waals surface area contributed by atoms with Crippen molar-refractivity contribution in [3.05, 3.63) is 75.8 Å². The second kappa shape index (κ2) is 11.3. The third kappa shape index (κ3) is 5.48. The molecule has 0 amide bonds. The smallest absolute Gasteiger partial charge is 0.543 e. The molecule has 0 fully saturated rings. The Morgan fingerprint density at radius 3 is 2.30 bits per heavy atom. The first-order chi connectivity index (χ1) is 14.9. The molecule has 0 atom stereocenters. The fraction of sp³-hybridized carbons (Fsp3) is 0.130. The van der Waals surface area contributed by atoms with E-state index in [9.17, 15) is 24.6 Å². The number of anilines is 2. The minimum absolute atomic E-state index is 0. The van der Waals surface area contributed by atoms with Crippen LogP contribution in [-0.2, 0) is 6.42 Å². The first kappa shape index (κ1) is 27.0. The molecule has 2 aromatic heterocycles. The molecule has 2 heterocycles. The van der Waals surface area contributed by atoms with Crippen LogP contribution in [0.3, 0.4) is 0 Å². The third-order valence-electron chi connectivity index (χ3n) is 4.85. The van der Waals surface area contributed by atoms with E-state index in [1.165, 1.54) is 12.1 Å². The number of hydrogen-bond acceptors (Lipinski definition) is 8. The molecular weight excluding hydrogens is 446 g/mol. The van der Waals surface area contributed by atoms with E-state index in [1.54, 1.807) is 12.1 Å². The Hall–Kier alpha value is -2.20. The van der Waals surface area contributed by atoms with E-state index in [1.807, 2.05) is 25.1 Å². The van der Waals surface area contributed by atoms with Gasteiger partial charge in [-0.15, -0.1) is 0 Å². The molecule has 156 valence electrons. The maximum atomic E-state index is 12.7. The van der Waals surface area contributed by atoms with Crippen LogP contribution in [0, 0.1) is 0 Å². The minimum Gasteiger partial charge on any atom is -0.543 e. The van der Waals surface area contributed by atoms with Gasteiger partial charge in [-0.2, -0.15) is 0 Å². The summed E-state index contributed by atoms with van der Waals surface area (Å²) in [6.07, 6.45) is 0.994. The summed E-state index contributed by atoms with van der Waals surface area (Å²) in [5.41, 5.74) is 1.04. The van der Waals surface area contributed by atoms with Crippen molar-refractivity contribution in [1.82, 2.24) is 4.98 Å². The molecule has 0 radical (unpaired) electrons. The second-order valence-electron chi connectivity index (χ2n) is 6.97. The molecule has 0 aliphatic carbocycles. The Labute approximate surface area is 232 Å². The number of carbonyl (C=O) groups is 2. The van der Waals surface area contributed by atoms with Gasteiger partial charge in [-0.3, -0.25) is 4.79 Å². The number of aromatic nitrogens is 1. The van der Waals surface area contributed by atoms with Gasteiger partial charge in [0.05, 0.1) is 28.3 Å². The Bertz CT molecular complexity index is 1400. The number of carboxylic acid groups (broad SMARTS) is 2. The topological polar surface area (TPSA) is 135 Å². The van der Waals surface area contributed by atoms with Crippen LogP contribution in [0.15, 0.2) is 57.7 Å². The summed E-state index contributed by atoms with van der Waals surface area (Å²) < 4.78 is 5.47. The zero-order valence-electron chi connectivity index (χ0n) is 18.4. The van der Waals surface area contributed by atoms with Crippen molar-refractivity contribution < 1.29 is 83.3 Å². The van der Waals surface area contributed by atoms with E-state index in [4.69, 9.17) is 4.42 Å². The number of rotatable bonds is 6. The second-order valence-corrected chi connectivity index (χ2v) is 6.97. The molecule has 0 saturated heterocycles. The predicted octanol–water partition coefficient (Wildman–Crippen LogP) is -4.23. The van der Waals surface area contributed by atoms with Gasteiger partial charge in [0.1, 0.15) is 11.6 Å². The summed E-state index contributed by atoms with van der Waals surface area (Å²) in [6, 6.07) is 12.8. The third-order valence-corrected chi connectivity index (χ3v) is 4.85. The van der Waals surface area contributed by atoms with Crippen molar-refractivity contribution in [3.8, 4) is 0 Å². The molecule has 0 aliphatic rings. The number of aromatic carboxylic acids is 2. The summed E-state index contributed by atoms with van der Waals surface area (Å²) >= 11 is 0.